The van der Waals surface area contributed by atoms with Crippen LogP contribution in [0.5, 0.6) is 0 Å². The van der Waals surface area contributed by atoms with Gasteiger partial charge in [-0.1, -0.05) is 13.8 Å². The number of carbonyl (C=O) groups excluding carboxylic acids is 1. The molecule has 0 saturated carbocycles. The zero-order valence-electron chi connectivity index (χ0n) is 12.5. The van der Waals surface area contributed by atoms with Crippen molar-refractivity contribution in [2.24, 2.45) is 0 Å². The van der Waals surface area contributed by atoms with E-state index in [1.165, 1.54) is 0 Å². The SMILES string of the molecule is CC.Cc1cc(C)c2cc(C(=O)NCCO)ccc2n1. The van der Waals surface area contributed by atoms with E-state index in [4.69, 9.17) is 5.11 Å². The van der Waals surface area contributed by atoms with Gasteiger partial charge in [0.15, 0.2) is 0 Å². The van der Waals surface area contributed by atoms with E-state index in [0.29, 0.717) is 5.56 Å². The Morgan fingerprint density at radius 1 is 1.25 bits per heavy atom. The first kappa shape index (κ1) is 16.1. The van der Waals surface area contributed by atoms with Gasteiger partial charge in [0.05, 0.1) is 12.1 Å². The first-order valence-electron chi connectivity index (χ1n) is 6.89. The number of aliphatic hydroxyl groups excluding tert-OH is 1. The molecule has 2 aromatic rings. The molecular formula is C16H22N2O2. The Labute approximate surface area is 119 Å². The number of benzene rings is 1. The van der Waals surface area contributed by atoms with Crippen LogP contribution >= 0.6 is 0 Å². The Morgan fingerprint density at radius 2 is 1.95 bits per heavy atom. The molecule has 20 heavy (non-hydrogen) atoms. The maximum Gasteiger partial charge on any atom is 0.251 e. The van der Waals surface area contributed by atoms with E-state index in [1.807, 2.05) is 45.9 Å². The third-order valence-electron chi connectivity index (χ3n) is 2.80. The molecule has 1 aromatic heterocycles. The Kier molecular flexibility index (Phi) is 6.12. The monoisotopic (exact) mass is 274 g/mol. The molecule has 0 radical (unpaired) electrons. The van der Waals surface area contributed by atoms with Crippen molar-refractivity contribution >= 4 is 16.8 Å². The molecule has 0 fully saturated rings. The largest absolute Gasteiger partial charge is 0.395 e. The molecule has 2 rings (SSSR count). The molecule has 0 aliphatic rings. The molecule has 0 saturated heterocycles. The zero-order valence-corrected chi connectivity index (χ0v) is 12.5. The van der Waals surface area contributed by atoms with Crippen LogP contribution in [0.15, 0.2) is 24.3 Å². The number of aliphatic hydroxyl groups is 1. The van der Waals surface area contributed by atoms with E-state index in [0.717, 1.165) is 22.2 Å². The molecule has 108 valence electrons. The third kappa shape index (κ3) is 3.78. The zero-order chi connectivity index (χ0) is 15.1. The van der Waals surface area contributed by atoms with Gasteiger partial charge in [-0.25, -0.2) is 0 Å². The minimum absolute atomic E-state index is 0.0564. The van der Waals surface area contributed by atoms with Crippen LogP contribution in [0.25, 0.3) is 10.9 Å². The van der Waals surface area contributed by atoms with E-state index >= 15 is 0 Å². The Bertz CT molecular complexity index is 594. The molecule has 0 unspecified atom stereocenters. The van der Waals surface area contributed by atoms with Gasteiger partial charge in [-0.2, -0.15) is 0 Å². The normalized spacial score (nSPS) is 9.85. The number of nitrogens with one attached hydrogen (secondary N) is 1. The molecule has 0 aliphatic heterocycles. The minimum atomic E-state index is -0.175. The standard InChI is InChI=1S/C14H16N2O2.C2H6/c1-9-7-10(2)16-13-4-3-11(8-12(9)13)14(18)15-5-6-17;1-2/h3-4,7-8,17H,5-6H2,1-2H3,(H,15,18);1-2H3. The average molecular weight is 274 g/mol. The quantitative estimate of drug-likeness (QED) is 0.904. The lowest BCUT2D eigenvalue weighted by molar-refractivity contribution is 0.0945. The van der Waals surface area contributed by atoms with Crippen LogP contribution < -0.4 is 5.32 Å². The Balaban J connectivity index is 0.000000956. The molecule has 4 nitrogen and oxygen atoms in total. The maximum absolute atomic E-state index is 11.8. The lowest BCUT2D eigenvalue weighted by Gasteiger charge is -2.07. The minimum Gasteiger partial charge on any atom is -0.395 e. The fourth-order valence-corrected chi connectivity index (χ4v) is 1.98. The molecule has 0 bridgehead atoms. The average Bonchev–Trinajstić information content (AvgIpc) is 2.46. The number of aryl methyl sites for hydroxylation is 2. The lowest BCUT2D eigenvalue weighted by Crippen LogP contribution is -2.26. The summed E-state index contributed by atoms with van der Waals surface area (Å²) in [6, 6.07) is 7.44. The Morgan fingerprint density at radius 3 is 2.60 bits per heavy atom. The molecule has 0 atom stereocenters. The van der Waals surface area contributed by atoms with Crippen LogP contribution in [-0.2, 0) is 0 Å². The number of aromatic nitrogens is 1. The van der Waals surface area contributed by atoms with Crippen LogP contribution in [0.3, 0.4) is 0 Å². The van der Waals surface area contributed by atoms with Gasteiger partial charge >= 0.3 is 0 Å². The number of carbonyl (C=O) groups is 1. The summed E-state index contributed by atoms with van der Waals surface area (Å²) in [5.74, 6) is -0.175. The number of nitrogens with zero attached hydrogens (tertiary/aromatic N) is 1. The van der Waals surface area contributed by atoms with Crippen LogP contribution in [0, 0.1) is 13.8 Å². The van der Waals surface area contributed by atoms with Crippen molar-refractivity contribution in [1.29, 1.82) is 0 Å². The van der Waals surface area contributed by atoms with Crippen LogP contribution in [-0.4, -0.2) is 29.1 Å². The smallest absolute Gasteiger partial charge is 0.251 e. The topological polar surface area (TPSA) is 62.2 Å². The third-order valence-corrected chi connectivity index (χ3v) is 2.80. The first-order valence-corrected chi connectivity index (χ1v) is 6.89. The molecule has 0 spiro atoms. The second-order valence-corrected chi connectivity index (χ2v) is 4.29. The number of fused-ring (bicyclic) bond motifs is 1. The lowest BCUT2D eigenvalue weighted by atomic mass is 10.1. The van der Waals surface area contributed by atoms with Crippen molar-refractivity contribution in [3.05, 3.63) is 41.1 Å². The van der Waals surface area contributed by atoms with E-state index in [1.54, 1.807) is 6.07 Å². The summed E-state index contributed by atoms with van der Waals surface area (Å²) in [6.45, 7) is 8.17. The van der Waals surface area contributed by atoms with Crippen LogP contribution in [0.1, 0.15) is 35.5 Å². The highest BCUT2D eigenvalue weighted by Gasteiger charge is 2.07. The maximum atomic E-state index is 11.8. The Hall–Kier alpha value is -1.94. The van der Waals surface area contributed by atoms with Gasteiger partial charge in [-0.3, -0.25) is 9.78 Å². The van der Waals surface area contributed by atoms with E-state index in [-0.39, 0.29) is 19.1 Å². The summed E-state index contributed by atoms with van der Waals surface area (Å²) in [5, 5.41) is 12.3. The van der Waals surface area contributed by atoms with Gasteiger partial charge in [0.25, 0.3) is 5.91 Å². The van der Waals surface area contributed by atoms with Gasteiger partial charge in [-0.15, -0.1) is 0 Å². The highest BCUT2D eigenvalue weighted by Crippen LogP contribution is 2.19. The van der Waals surface area contributed by atoms with E-state index < -0.39 is 0 Å². The van der Waals surface area contributed by atoms with Crippen molar-refractivity contribution in [3.8, 4) is 0 Å². The summed E-state index contributed by atoms with van der Waals surface area (Å²) < 4.78 is 0. The summed E-state index contributed by atoms with van der Waals surface area (Å²) in [4.78, 5) is 16.2. The van der Waals surface area contributed by atoms with E-state index in [2.05, 4.69) is 10.3 Å². The second kappa shape index (κ2) is 7.60. The fraction of sp³-hybridized carbons (Fsp3) is 0.375. The highest BCUT2D eigenvalue weighted by molar-refractivity contribution is 5.98. The predicted molar refractivity (Wildman–Crippen MR) is 82.0 cm³/mol. The molecule has 1 aromatic carbocycles. The van der Waals surface area contributed by atoms with Gasteiger partial charge in [-0.05, 0) is 43.7 Å². The van der Waals surface area contributed by atoms with Gasteiger partial charge in [0, 0.05) is 23.2 Å². The molecule has 1 heterocycles. The first-order chi connectivity index (χ1) is 9.61. The highest BCUT2D eigenvalue weighted by atomic mass is 16.3. The number of hydrogen-bond acceptors (Lipinski definition) is 3. The molecule has 0 aliphatic carbocycles. The number of rotatable bonds is 3. The number of pyridine rings is 1. The van der Waals surface area contributed by atoms with Crippen LogP contribution in [0.2, 0.25) is 0 Å². The van der Waals surface area contributed by atoms with Crippen molar-refractivity contribution in [2.45, 2.75) is 27.7 Å². The summed E-state index contributed by atoms with van der Waals surface area (Å²) in [6.07, 6.45) is 0. The predicted octanol–water partition coefficient (Wildman–Crippen LogP) is 2.60. The molecule has 1 amide bonds. The summed E-state index contributed by atoms with van der Waals surface area (Å²) in [5.41, 5.74) is 3.56. The van der Waals surface area contributed by atoms with Crippen molar-refractivity contribution < 1.29 is 9.90 Å². The summed E-state index contributed by atoms with van der Waals surface area (Å²) in [7, 11) is 0. The number of amides is 1. The van der Waals surface area contributed by atoms with Gasteiger partial charge in [0.1, 0.15) is 0 Å². The van der Waals surface area contributed by atoms with E-state index in [9.17, 15) is 4.79 Å². The molecule has 4 heteroatoms. The second-order valence-electron chi connectivity index (χ2n) is 4.29. The van der Waals surface area contributed by atoms with Crippen molar-refractivity contribution in [3.63, 3.8) is 0 Å². The van der Waals surface area contributed by atoms with Gasteiger partial charge in [0.2, 0.25) is 0 Å². The van der Waals surface area contributed by atoms with Crippen molar-refractivity contribution in [1.82, 2.24) is 10.3 Å². The summed E-state index contributed by atoms with van der Waals surface area (Å²) >= 11 is 0. The van der Waals surface area contributed by atoms with Crippen LogP contribution in [0.4, 0.5) is 0 Å². The van der Waals surface area contributed by atoms with Gasteiger partial charge < -0.3 is 10.4 Å². The number of hydrogen-bond donors (Lipinski definition) is 2. The van der Waals surface area contributed by atoms with Crippen molar-refractivity contribution in [2.75, 3.05) is 13.2 Å². The molecular weight excluding hydrogens is 252 g/mol. The fourth-order valence-electron chi connectivity index (χ4n) is 1.98. The molecule has 2 N–H and O–H groups in total.